The van der Waals surface area contributed by atoms with Crippen LogP contribution in [0.3, 0.4) is 0 Å². The molecule has 2 rings (SSSR count). The molecule has 1 fully saturated rings. The first-order chi connectivity index (χ1) is 9.99. The fourth-order valence-corrected chi connectivity index (χ4v) is 2.62. The van der Waals surface area contributed by atoms with Crippen molar-refractivity contribution in [2.45, 2.75) is 6.92 Å². The Hall–Kier alpha value is -2.08. The Morgan fingerprint density at radius 1 is 1.43 bits per heavy atom. The number of hydrogen-bond acceptors (Lipinski definition) is 4. The number of nitrogens with one attached hydrogen (secondary N) is 1. The number of ether oxygens (including phenoxy) is 1. The molecule has 6 heteroatoms. The second kappa shape index (κ2) is 6.58. The number of methoxy groups -OCH3 is 1. The summed E-state index contributed by atoms with van der Waals surface area (Å²) in [7, 11) is 1.57. The molecule has 0 aromatic heterocycles. The van der Waals surface area contributed by atoms with Gasteiger partial charge in [-0.2, -0.15) is 0 Å². The number of rotatable bonds is 5. The van der Waals surface area contributed by atoms with Gasteiger partial charge in [-0.15, -0.1) is 0 Å². The minimum atomic E-state index is -0.793. The van der Waals surface area contributed by atoms with Gasteiger partial charge in [0.1, 0.15) is 5.75 Å². The number of carboxylic acids is 1. The summed E-state index contributed by atoms with van der Waals surface area (Å²) in [5, 5.41) is 11.9. The Morgan fingerprint density at radius 3 is 2.81 bits per heavy atom. The van der Waals surface area contributed by atoms with E-state index in [0.717, 1.165) is 0 Å². The molecule has 2 unspecified atom stereocenters. The first-order valence-electron chi connectivity index (χ1n) is 6.88. The number of hydrogen-bond donors (Lipinski definition) is 2. The molecule has 0 aliphatic carbocycles. The maximum absolute atomic E-state index is 12.0. The van der Waals surface area contributed by atoms with Crippen LogP contribution in [0, 0.1) is 11.8 Å². The molecule has 1 aliphatic rings. The molecule has 0 saturated carbocycles. The summed E-state index contributed by atoms with van der Waals surface area (Å²) in [6, 6.07) is 7.12. The average molecular weight is 292 g/mol. The topological polar surface area (TPSA) is 78.9 Å². The minimum Gasteiger partial charge on any atom is -0.497 e. The van der Waals surface area contributed by atoms with E-state index in [1.807, 2.05) is 11.8 Å². The van der Waals surface area contributed by atoms with Crippen LogP contribution in [0.4, 0.5) is 5.69 Å². The van der Waals surface area contributed by atoms with Crippen LogP contribution in [0.2, 0.25) is 0 Å². The fraction of sp³-hybridized carbons (Fsp3) is 0.467. The summed E-state index contributed by atoms with van der Waals surface area (Å²) in [5.41, 5.74) is 0.668. The van der Waals surface area contributed by atoms with Crippen molar-refractivity contribution in [3.8, 4) is 5.75 Å². The smallest absolute Gasteiger partial charge is 0.308 e. The summed E-state index contributed by atoms with van der Waals surface area (Å²) in [4.78, 5) is 24.9. The van der Waals surface area contributed by atoms with Crippen molar-refractivity contribution in [3.05, 3.63) is 24.3 Å². The minimum absolute atomic E-state index is 0.0621. The third-order valence-electron chi connectivity index (χ3n) is 3.73. The molecule has 2 N–H and O–H groups in total. The number of anilines is 1. The van der Waals surface area contributed by atoms with Crippen molar-refractivity contribution in [2.24, 2.45) is 11.8 Å². The van der Waals surface area contributed by atoms with Crippen molar-refractivity contribution in [2.75, 3.05) is 32.1 Å². The standard InChI is InChI=1S/C15H20N2O4/c1-10-7-17(8-13(10)15(19)20)9-14(18)16-11-4-3-5-12(6-11)21-2/h3-6,10,13H,7-9H2,1-2H3,(H,16,18)(H,19,20). The van der Waals surface area contributed by atoms with Crippen molar-refractivity contribution < 1.29 is 19.4 Å². The van der Waals surface area contributed by atoms with E-state index < -0.39 is 11.9 Å². The number of aliphatic carboxylic acids is 1. The Bertz CT molecular complexity index is 532. The highest BCUT2D eigenvalue weighted by Gasteiger charge is 2.35. The van der Waals surface area contributed by atoms with Gasteiger partial charge in [0.15, 0.2) is 0 Å². The van der Waals surface area contributed by atoms with Gasteiger partial charge in [0.05, 0.1) is 19.6 Å². The number of benzene rings is 1. The Labute approximate surface area is 123 Å². The molecule has 21 heavy (non-hydrogen) atoms. The van der Waals surface area contributed by atoms with Gasteiger partial charge in [0, 0.05) is 24.8 Å². The van der Waals surface area contributed by atoms with Crippen LogP contribution < -0.4 is 10.1 Å². The normalized spacial score (nSPS) is 22.0. The first-order valence-corrected chi connectivity index (χ1v) is 6.88. The van der Waals surface area contributed by atoms with E-state index >= 15 is 0 Å². The van der Waals surface area contributed by atoms with Crippen molar-refractivity contribution in [3.63, 3.8) is 0 Å². The Kier molecular flexibility index (Phi) is 4.80. The number of nitrogens with zero attached hydrogens (tertiary/aromatic N) is 1. The largest absolute Gasteiger partial charge is 0.497 e. The van der Waals surface area contributed by atoms with Crippen LogP contribution in [0.5, 0.6) is 5.75 Å². The average Bonchev–Trinajstić information content (AvgIpc) is 2.79. The first kappa shape index (κ1) is 15.3. The van der Waals surface area contributed by atoms with Gasteiger partial charge < -0.3 is 15.2 Å². The molecule has 1 saturated heterocycles. The molecular weight excluding hydrogens is 272 g/mol. The van der Waals surface area contributed by atoms with Gasteiger partial charge >= 0.3 is 5.97 Å². The van der Waals surface area contributed by atoms with Crippen LogP contribution in [0.15, 0.2) is 24.3 Å². The van der Waals surface area contributed by atoms with Gasteiger partial charge in [-0.3, -0.25) is 14.5 Å². The van der Waals surface area contributed by atoms with E-state index in [9.17, 15) is 9.59 Å². The van der Waals surface area contributed by atoms with Crippen LogP contribution >= 0.6 is 0 Å². The number of carboxylic acid groups (broad SMARTS) is 1. The lowest BCUT2D eigenvalue weighted by Gasteiger charge is -2.15. The molecular formula is C15H20N2O4. The number of amides is 1. The quantitative estimate of drug-likeness (QED) is 0.855. The summed E-state index contributed by atoms with van der Waals surface area (Å²) < 4.78 is 5.10. The molecule has 1 aliphatic heterocycles. The van der Waals surface area contributed by atoms with Gasteiger partial charge in [0.2, 0.25) is 5.91 Å². The predicted molar refractivity (Wildman–Crippen MR) is 78.4 cm³/mol. The van der Waals surface area contributed by atoms with E-state index in [1.165, 1.54) is 0 Å². The molecule has 0 spiro atoms. The summed E-state index contributed by atoms with van der Waals surface area (Å²) in [5.74, 6) is -0.602. The zero-order valence-electron chi connectivity index (χ0n) is 12.2. The molecule has 0 radical (unpaired) electrons. The Balaban J connectivity index is 1.89. The SMILES string of the molecule is COc1cccc(NC(=O)CN2CC(C)C(C(=O)O)C2)c1. The summed E-state index contributed by atoms with van der Waals surface area (Å²) >= 11 is 0. The molecule has 6 nitrogen and oxygen atoms in total. The van der Waals surface area contributed by atoms with Crippen LogP contribution in [-0.2, 0) is 9.59 Å². The maximum Gasteiger partial charge on any atom is 0.308 e. The van der Waals surface area contributed by atoms with Gasteiger partial charge in [-0.05, 0) is 18.1 Å². The Morgan fingerprint density at radius 2 is 2.19 bits per heavy atom. The third kappa shape index (κ3) is 3.95. The van der Waals surface area contributed by atoms with Gasteiger partial charge in [0.25, 0.3) is 0 Å². The van der Waals surface area contributed by atoms with Gasteiger partial charge in [-0.25, -0.2) is 0 Å². The van der Waals surface area contributed by atoms with Crippen LogP contribution in [0.25, 0.3) is 0 Å². The summed E-state index contributed by atoms with van der Waals surface area (Å²) in [6.45, 7) is 3.15. The van der Waals surface area contributed by atoms with Crippen molar-refractivity contribution in [1.82, 2.24) is 4.90 Å². The van der Waals surface area contributed by atoms with E-state index in [4.69, 9.17) is 9.84 Å². The van der Waals surface area contributed by atoms with Crippen LogP contribution in [0.1, 0.15) is 6.92 Å². The molecule has 114 valence electrons. The molecule has 1 aromatic carbocycles. The zero-order chi connectivity index (χ0) is 15.4. The third-order valence-corrected chi connectivity index (χ3v) is 3.73. The number of likely N-dealkylation sites (tertiary alicyclic amines) is 1. The molecule has 0 bridgehead atoms. The van der Waals surface area contributed by atoms with E-state index in [-0.39, 0.29) is 18.4 Å². The van der Waals surface area contributed by atoms with Crippen molar-refractivity contribution in [1.29, 1.82) is 0 Å². The number of carbonyl (C=O) groups excluding carboxylic acids is 1. The lowest BCUT2D eigenvalue weighted by Crippen LogP contribution is -2.32. The van der Waals surface area contributed by atoms with E-state index in [2.05, 4.69) is 5.32 Å². The number of carbonyl (C=O) groups is 2. The molecule has 1 amide bonds. The highest BCUT2D eigenvalue weighted by Crippen LogP contribution is 2.23. The second-order valence-corrected chi connectivity index (χ2v) is 5.40. The lowest BCUT2D eigenvalue weighted by atomic mass is 9.99. The van der Waals surface area contributed by atoms with Crippen molar-refractivity contribution >= 4 is 17.6 Å². The monoisotopic (exact) mass is 292 g/mol. The predicted octanol–water partition coefficient (Wildman–Crippen LogP) is 1.29. The second-order valence-electron chi connectivity index (χ2n) is 5.40. The molecule has 1 heterocycles. The molecule has 2 atom stereocenters. The summed E-state index contributed by atoms with van der Waals surface area (Å²) in [6.07, 6.45) is 0. The highest BCUT2D eigenvalue weighted by molar-refractivity contribution is 5.92. The zero-order valence-corrected chi connectivity index (χ0v) is 12.2. The molecule has 1 aromatic rings. The maximum atomic E-state index is 12.0. The lowest BCUT2D eigenvalue weighted by molar-refractivity contribution is -0.142. The fourth-order valence-electron chi connectivity index (χ4n) is 2.62. The van der Waals surface area contributed by atoms with E-state index in [0.29, 0.717) is 24.5 Å². The van der Waals surface area contributed by atoms with Gasteiger partial charge in [-0.1, -0.05) is 13.0 Å². The van der Waals surface area contributed by atoms with Crippen LogP contribution in [-0.4, -0.2) is 48.6 Å². The van der Waals surface area contributed by atoms with E-state index in [1.54, 1.807) is 31.4 Å². The highest BCUT2D eigenvalue weighted by atomic mass is 16.5.